The van der Waals surface area contributed by atoms with Crippen molar-refractivity contribution in [3.05, 3.63) is 34.1 Å². The van der Waals surface area contributed by atoms with Gasteiger partial charge in [0.2, 0.25) is 0 Å². The van der Waals surface area contributed by atoms with Crippen molar-refractivity contribution >= 4 is 27.8 Å². The second kappa shape index (κ2) is 7.02. The van der Waals surface area contributed by atoms with E-state index >= 15 is 0 Å². The van der Waals surface area contributed by atoms with E-state index in [1.54, 1.807) is 0 Å². The Morgan fingerprint density at radius 2 is 1.95 bits per heavy atom. The van der Waals surface area contributed by atoms with Crippen LogP contribution in [0.5, 0.6) is 0 Å². The van der Waals surface area contributed by atoms with Crippen LogP contribution in [0, 0.1) is 11.7 Å². The molecule has 2 rings (SSSR count). The normalized spacial score (nSPS) is 17.2. The molecule has 21 heavy (non-hydrogen) atoms. The molecule has 0 aromatic heterocycles. The van der Waals surface area contributed by atoms with E-state index in [1.165, 1.54) is 18.2 Å². The summed E-state index contributed by atoms with van der Waals surface area (Å²) in [6.07, 6.45) is 4.65. The van der Waals surface area contributed by atoms with Crippen LogP contribution in [0.1, 0.15) is 42.5 Å². The molecule has 1 amide bonds. The van der Waals surface area contributed by atoms with Crippen molar-refractivity contribution in [3.8, 4) is 0 Å². The van der Waals surface area contributed by atoms with Gasteiger partial charge in [-0.15, -0.1) is 0 Å². The molecule has 4 nitrogen and oxygen atoms in total. The summed E-state index contributed by atoms with van der Waals surface area (Å²) in [4.78, 5) is 23.6. The molecule has 1 aromatic carbocycles. The third-order valence-corrected chi connectivity index (χ3v) is 4.68. The fraction of sp³-hybridized carbons (Fsp3) is 0.467. The Balaban J connectivity index is 2.14. The molecule has 1 aliphatic rings. The number of aliphatic carboxylic acids is 1. The van der Waals surface area contributed by atoms with E-state index < -0.39 is 23.7 Å². The number of carbonyl (C=O) groups is 2. The Bertz CT molecular complexity index is 544. The number of nitrogens with one attached hydrogen (secondary N) is 1. The lowest BCUT2D eigenvalue weighted by atomic mass is 9.84. The van der Waals surface area contributed by atoms with Crippen LogP contribution in [0.4, 0.5) is 4.39 Å². The molecular weight excluding hydrogens is 341 g/mol. The van der Waals surface area contributed by atoms with E-state index in [0.717, 1.165) is 32.1 Å². The van der Waals surface area contributed by atoms with E-state index in [1.807, 2.05) is 0 Å². The number of halogens is 2. The van der Waals surface area contributed by atoms with Crippen LogP contribution >= 0.6 is 15.9 Å². The molecule has 0 saturated heterocycles. The lowest BCUT2D eigenvalue weighted by Crippen LogP contribution is -2.46. The molecule has 0 bridgehead atoms. The molecule has 1 aromatic rings. The number of hydrogen-bond acceptors (Lipinski definition) is 2. The van der Waals surface area contributed by atoms with E-state index in [4.69, 9.17) is 0 Å². The number of carboxylic acids is 1. The topological polar surface area (TPSA) is 66.4 Å². The Kier molecular flexibility index (Phi) is 5.33. The summed E-state index contributed by atoms with van der Waals surface area (Å²) < 4.78 is 13.5. The van der Waals surface area contributed by atoms with Crippen molar-refractivity contribution in [2.24, 2.45) is 5.92 Å². The summed E-state index contributed by atoms with van der Waals surface area (Å²) in [7, 11) is 0. The van der Waals surface area contributed by atoms with Gasteiger partial charge in [-0.25, -0.2) is 9.18 Å². The summed E-state index contributed by atoms with van der Waals surface area (Å²) in [6.45, 7) is 0. The Morgan fingerprint density at radius 3 is 2.57 bits per heavy atom. The zero-order chi connectivity index (χ0) is 15.4. The largest absolute Gasteiger partial charge is 0.480 e. The van der Waals surface area contributed by atoms with Crippen LogP contribution in [0.15, 0.2) is 22.7 Å². The minimum absolute atomic E-state index is 0.0512. The Labute approximate surface area is 130 Å². The molecule has 114 valence electrons. The lowest BCUT2D eigenvalue weighted by molar-refractivity contribution is -0.141. The molecule has 1 aliphatic carbocycles. The summed E-state index contributed by atoms with van der Waals surface area (Å²) in [5, 5.41) is 11.9. The molecule has 6 heteroatoms. The van der Waals surface area contributed by atoms with Gasteiger partial charge < -0.3 is 10.4 Å². The molecule has 1 saturated carbocycles. The van der Waals surface area contributed by atoms with E-state index in [0.29, 0.717) is 0 Å². The van der Waals surface area contributed by atoms with Crippen molar-refractivity contribution in [1.29, 1.82) is 0 Å². The van der Waals surface area contributed by atoms with Crippen molar-refractivity contribution < 1.29 is 19.1 Å². The predicted octanol–water partition coefficient (Wildman–Crippen LogP) is 3.35. The summed E-state index contributed by atoms with van der Waals surface area (Å²) in [5.74, 6) is -2.22. The van der Waals surface area contributed by atoms with Gasteiger partial charge in [-0.3, -0.25) is 4.79 Å². The van der Waals surface area contributed by atoms with Crippen LogP contribution < -0.4 is 5.32 Å². The zero-order valence-corrected chi connectivity index (χ0v) is 13.0. The van der Waals surface area contributed by atoms with Crippen molar-refractivity contribution in [2.75, 3.05) is 0 Å². The first-order valence-electron chi connectivity index (χ1n) is 6.98. The van der Waals surface area contributed by atoms with Crippen molar-refractivity contribution in [2.45, 2.75) is 38.1 Å². The molecule has 1 fully saturated rings. The van der Waals surface area contributed by atoms with Gasteiger partial charge in [0.15, 0.2) is 0 Å². The number of benzene rings is 1. The van der Waals surface area contributed by atoms with Gasteiger partial charge in [0.05, 0.1) is 10.0 Å². The molecule has 1 unspecified atom stereocenters. The van der Waals surface area contributed by atoms with Gasteiger partial charge in [0.25, 0.3) is 5.91 Å². The van der Waals surface area contributed by atoms with Crippen LogP contribution in [0.3, 0.4) is 0 Å². The fourth-order valence-electron chi connectivity index (χ4n) is 2.75. The minimum atomic E-state index is -1.04. The maximum atomic E-state index is 13.4. The van der Waals surface area contributed by atoms with E-state index in [9.17, 15) is 19.1 Å². The number of hydrogen-bond donors (Lipinski definition) is 2. The maximum absolute atomic E-state index is 13.4. The fourth-order valence-corrected chi connectivity index (χ4v) is 3.19. The number of rotatable bonds is 4. The first-order chi connectivity index (χ1) is 10.0. The molecule has 1 atom stereocenters. The predicted molar refractivity (Wildman–Crippen MR) is 79.6 cm³/mol. The summed E-state index contributed by atoms with van der Waals surface area (Å²) in [6, 6.07) is 3.19. The maximum Gasteiger partial charge on any atom is 0.326 e. The quantitative estimate of drug-likeness (QED) is 0.868. The highest BCUT2D eigenvalue weighted by atomic mass is 79.9. The molecule has 0 radical (unpaired) electrons. The summed E-state index contributed by atoms with van der Waals surface area (Å²) in [5.41, 5.74) is 0.108. The van der Waals surface area contributed by atoms with Gasteiger partial charge in [-0.2, -0.15) is 0 Å². The molecule has 0 heterocycles. The molecular formula is C15H17BrFNO3. The summed E-state index contributed by atoms with van der Waals surface area (Å²) >= 11 is 3.02. The van der Waals surface area contributed by atoms with Gasteiger partial charge in [0.1, 0.15) is 11.9 Å². The van der Waals surface area contributed by atoms with Crippen molar-refractivity contribution in [1.82, 2.24) is 5.32 Å². The average molecular weight is 358 g/mol. The highest BCUT2D eigenvalue weighted by molar-refractivity contribution is 9.10. The van der Waals surface area contributed by atoms with Crippen LogP contribution in [-0.4, -0.2) is 23.0 Å². The van der Waals surface area contributed by atoms with Crippen LogP contribution in [-0.2, 0) is 4.79 Å². The standard InChI is InChI=1S/C15H17BrFNO3/c16-12-10(7-4-8-11(12)17)14(19)18-13(15(20)21)9-5-2-1-3-6-9/h4,7-9,13H,1-3,5-6H2,(H,18,19)(H,20,21). The second-order valence-electron chi connectivity index (χ2n) is 5.29. The Morgan fingerprint density at radius 1 is 1.29 bits per heavy atom. The number of carboxylic acid groups (broad SMARTS) is 1. The first kappa shape index (κ1) is 15.9. The third kappa shape index (κ3) is 3.81. The molecule has 0 spiro atoms. The lowest BCUT2D eigenvalue weighted by Gasteiger charge is -2.28. The zero-order valence-electron chi connectivity index (χ0n) is 11.4. The van der Waals surface area contributed by atoms with Gasteiger partial charge in [0, 0.05) is 0 Å². The average Bonchev–Trinajstić information content (AvgIpc) is 2.48. The highest BCUT2D eigenvalue weighted by Gasteiger charge is 2.31. The van der Waals surface area contributed by atoms with E-state index in [2.05, 4.69) is 21.2 Å². The van der Waals surface area contributed by atoms with Crippen LogP contribution in [0.25, 0.3) is 0 Å². The number of amides is 1. The molecule has 2 N–H and O–H groups in total. The van der Waals surface area contributed by atoms with Gasteiger partial charge in [-0.1, -0.05) is 25.3 Å². The number of carbonyl (C=O) groups excluding carboxylic acids is 1. The van der Waals surface area contributed by atoms with E-state index in [-0.39, 0.29) is 16.0 Å². The van der Waals surface area contributed by atoms with Gasteiger partial charge >= 0.3 is 5.97 Å². The SMILES string of the molecule is O=C(NC(C(=O)O)C1CCCCC1)c1cccc(F)c1Br. The van der Waals surface area contributed by atoms with Crippen LogP contribution in [0.2, 0.25) is 0 Å². The monoisotopic (exact) mass is 357 g/mol. The van der Waals surface area contributed by atoms with Crippen molar-refractivity contribution in [3.63, 3.8) is 0 Å². The smallest absolute Gasteiger partial charge is 0.326 e. The molecule has 0 aliphatic heterocycles. The third-order valence-electron chi connectivity index (χ3n) is 3.87. The minimum Gasteiger partial charge on any atom is -0.480 e. The first-order valence-corrected chi connectivity index (χ1v) is 7.77. The Hall–Kier alpha value is -1.43. The second-order valence-corrected chi connectivity index (χ2v) is 6.08. The highest BCUT2D eigenvalue weighted by Crippen LogP contribution is 2.27. The van der Waals surface area contributed by atoms with Gasteiger partial charge in [-0.05, 0) is 46.8 Å².